The summed E-state index contributed by atoms with van der Waals surface area (Å²) in [6.45, 7) is 5.64. The molecule has 0 fully saturated rings. The fourth-order valence-corrected chi connectivity index (χ4v) is 1.28. The minimum absolute atomic E-state index is 0.274. The first kappa shape index (κ1) is 13.1. The number of nitrogens with zero attached hydrogens (tertiary/aromatic N) is 1. The molecule has 2 N–H and O–H groups in total. The Bertz CT molecular complexity index is 266. The zero-order valence-electron chi connectivity index (χ0n) is 10.1. The molecule has 0 spiro atoms. The average Bonchev–Trinajstić information content (AvgIpc) is 2.34. The lowest BCUT2D eigenvalue weighted by Crippen LogP contribution is -2.32. The summed E-state index contributed by atoms with van der Waals surface area (Å²) >= 11 is 0. The maximum absolute atomic E-state index is 5.13. The number of nitrogens with one attached hydrogen (secondary N) is 2. The molecule has 0 saturated carbocycles. The number of pyridine rings is 1. The highest BCUT2D eigenvalue weighted by atomic mass is 16.5. The largest absolute Gasteiger partial charge is 0.380 e. The van der Waals surface area contributed by atoms with Crippen LogP contribution in [0.25, 0.3) is 0 Å². The van der Waals surface area contributed by atoms with Crippen LogP contribution in [0.4, 0.5) is 0 Å². The summed E-state index contributed by atoms with van der Waals surface area (Å²) in [7, 11) is 1.73. The number of hydrogen-bond acceptors (Lipinski definition) is 4. The molecule has 1 unspecified atom stereocenters. The van der Waals surface area contributed by atoms with Gasteiger partial charge in [0, 0.05) is 39.5 Å². The topological polar surface area (TPSA) is 46.2 Å². The molecule has 1 atom stereocenters. The maximum Gasteiger partial charge on any atom is 0.0667 e. The Labute approximate surface area is 97.4 Å². The van der Waals surface area contributed by atoms with Crippen LogP contribution in [-0.2, 0) is 11.3 Å². The molecule has 0 radical (unpaired) electrons. The van der Waals surface area contributed by atoms with Gasteiger partial charge in [-0.25, -0.2) is 0 Å². The number of ether oxygens (including phenoxy) is 1. The fourth-order valence-electron chi connectivity index (χ4n) is 1.28. The molecule has 90 valence electrons. The van der Waals surface area contributed by atoms with Crippen molar-refractivity contribution in [1.82, 2.24) is 15.6 Å². The first-order chi connectivity index (χ1) is 7.83. The van der Waals surface area contributed by atoms with E-state index >= 15 is 0 Å². The highest BCUT2D eigenvalue weighted by Gasteiger charge is 1.97. The standard InChI is InChI=1S/C12H21N3O/c1-11(16-2)9-13-7-8-14-10-12-5-3-4-6-15-12/h3-6,11,13-14H,7-10H2,1-2H3. The summed E-state index contributed by atoms with van der Waals surface area (Å²) in [6.07, 6.45) is 2.09. The normalized spacial score (nSPS) is 12.6. The van der Waals surface area contributed by atoms with Gasteiger partial charge in [0.15, 0.2) is 0 Å². The molecule has 0 aromatic carbocycles. The second-order valence-electron chi connectivity index (χ2n) is 3.75. The third-order valence-corrected chi connectivity index (χ3v) is 2.34. The van der Waals surface area contributed by atoms with Gasteiger partial charge in [-0.05, 0) is 19.1 Å². The van der Waals surface area contributed by atoms with Crippen LogP contribution < -0.4 is 10.6 Å². The Morgan fingerprint density at radius 3 is 2.81 bits per heavy atom. The van der Waals surface area contributed by atoms with E-state index in [4.69, 9.17) is 4.74 Å². The summed E-state index contributed by atoms with van der Waals surface area (Å²) in [5, 5.41) is 6.64. The predicted octanol–water partition coefficient (Wildman–Crippen LogP) is 0.796. The predicted molar refractivity (Wildman–Crippen MR) is 65.3 cm³/mol. The molecule has 0 saturated heterocycles. The minimum atomic E-state index is 0.274. The third-order valence-electron chi connectivity index (χ3n) is 2.34. The van der Waals surface area contributed by atoms with Crippen LogP contribution in [0, 0.1) is 0 Å². The second kappa shape index (κ2) is 8.21. The number of rotatable bonds is 8. The third kappa shape index (κ3) is 5.80. The van der Waals surface area contributed by atoms with E-state index in [1.165, 1.54) is 0 Å². The van der Waals surface area contributed by atoms with Gasteiger partial charge >= 0.3 is 0 Å². The monoisotopic (exact) mass is 223 g/mol. The van der Waals surface area contributed by atoms with Crippen LogP contribution in [0.15, 0.2) is 24.4 Å². The molecule has 1 aromatic rings. The van der Waals surface area contributed by atoms with Crippen molar-refractivity contribution in [1.29, 1.82) is 0 Å². The van der Waals surface area contributed by atoms with E-state index in [1.54, 1.807) is 7.11 Å². The van der Waals surface area contributed by atoms with Crippen LogP contribution in [0.3, 0.4) is 0 Å². The quantitative estimate of drug-likeness (QED) is 0.640. The molecule has 0 amide bonds. The Morgan fingerprint density at radius 2 is 2.12 bits per heavy atom. The SMILES string of the molecule is COC(C)CNCCNCc1ccccn1. The summed E-state index contributed by atoms with van der Waals surface area (Å²) in [4.78, 5) is 4.24. The first-order valence-corrected chi connectivity index (χ1v) is 5.67. The Kier molecular flexibility index (Phi) is 6.72. The summed E-state index contributed by atoms with van der Waals surface area (Å²) in [5.41, 5.74) is 1.08. The lowest BCUT2D eigenvalue weighted by atomic mass is 10.3. The van der Waals surface area contributed by atoms with Crippen molar-refractivity contribution in [2.24, 2.45) is 0 Å². The van der Waals surface area contributed by atoms with Gasteiger partial charge in [0.1, 0.15) is 0 Å². The molecule has 0 aliphatic carbocycles. The van der Waals surface area contributed by atoms with Crippen molar-refractivity contribution in [3.63, 3.8) is 0 Å². The van der Waals surface area contributed by atoms with Gasteiger partial charge in [-0.1, -0.05) is 6.07 Å². The molecular formula is C12H21N3O. The lowest BCUT2D eigenvalue weighted by Gasteiger charge is -2.10. The number of aromatic nitrogens is 1. The molecule has 1 aromatic heterocycles. The Hall–Kier alpha value is -0.970. The second-order valence-corrected chi connectivity index (χ2v) is 3.75. The van der Waals surface area contributed by atoms with Crippen molar-refractivity contribution in [2.75, 3.05) is 26.7 Å². The van der Waals surface area contributed by atoms with Crippen LogP contribution >= 0.6 is 0 Å². The van der Waals surface area contributed by atoms with Gasteiger partial charge in [0.2, 0.25) is 0 Å². The van der Waals surface area contributed by atoms with Crippen LogP contribution in [-0.4, -0.2) is 37.8 Å². The van der Waals surface area contributed by atoms with Gasteiger partial charge in [-0.3, -0.25) is 4.98 Å². The van der Waals surface area contributed by atoms with E-state index in [2.05, 4.69) is 15.6 Å². The fraction of sp³-hybridized carbons (Fsp3) is 0.583. The molecule has 1 rings (SSSR count). The van der Waals surface area contributed by atoms with Crippen molar-refractivity contribution in [2.45, 2.75) is 19.6 Å². The van der Waals surface area contributed by atoms with E-state index in [9.17, 15) is 0 Å². The molecule has 0 bridgehead atoms. The summed E-state index contributed by atoms with van der Waals surface area (Å²) in [6, 6.07) is 5.95. The molecular weight excluding hydrogens is 202 g/mol. The maximum atomic E-state index is 5.13. The van der Waals surface area contributed by atoms with Gasteiger partial charge in [-0.15, -0.1) is 0 Å². The number of hydrogen-bond donors (Lipinski definition) is 2. The van der Waals surface area contributed by atoms with Crippen molar-refractivity contribution in [3.05, 3.63) is 30.1 Å². The lowest BCUT2D eigenvalue weighted by molar-refractivity contribution is 0.117. The van der Waals surface area contributed by atoms with Crippen LogP contribution in [0.2, 0.25) is 0 Å². The van der Waals surface area contributed by atoms with Crippen LogP contribution in [0.5, 0.6) is 0 Å². The Balaban J connectivity index is 1.96. The molecule has 0 aliphatic heterocycles. The van der Waals surface area contributed by atoms with E-state index < -0.39 is 0 Å². The van der Waals surface area contributed by atoms with Crippen LogP contribution in [0.1, 0.15) is 12.6 Å². The molecule has 16 heavy (non-hydrogen) atoms. The minimum Gasteiger partial charge on any atom is -0.380 e. The van der Waals surface area contributed by atoms with E-state index in [0.29, 0.717) is 0 Å². The van der Waals surface area contributed by atoms with Crippen molar-refractivity contribution >= 4 is 0 Å². The van der Waals surface area contributed by atoms with Gasteiger partial charge < -0.3 is 15.4 Å². The highest BCUT2D eigenvalue weighted by Crippen LogP contribution is 1.91. The molecule has 1 heterocycles. The van der Waals surface area contributed by atoms with Gasteiger partial charge in [-0.2, -0.15) is 0 Å². The van der Waals surface area contributed by atoms with Crippen molar-refractivity contribution < 1.29 is 4.74 Å². The summed E-state index contributed by atoms with van der Waals surface area (Å²) < 4.78 is 5.13. The number of methoxy groups -OCH3 is 1. The molecule has 0 aliphatic rings. The van der Waals surface area contributed by atoms with E-state index in [0.717, 1.165) is 31.9 Å². The van der Waals surface area contributed by atoms with Gasteiger partial charge in [0.25, 0.3) is 0 Å². The molecule has 4 nitrogen and oxygen atoms in total. The molecule has 4 heteroatoms. The highest BCUT2D eigenvalue weighted by molar-refractivity contribution is 5.02. The van der Waals surface area contributed by atoms with E-state index in [1.807, 2.05) is 31.3 Å². The van der Waals surface area contributed by atoms with Crippen molar-refractivity contribution in [3.8, 4) is 0 Å². The van der Waals surface area contributed by atoms with Gasteiger partial charge in [0.05, 0.1) is 11.8 Å². The Morgan fingerprint density at radius 1 is 1.31 bits per heavy atom. The summed E-state index contributed by atoms with van der Waals surface area (Å²) in [5.74, 6) is 0. The average molecular weight is 223 g/mol. The smallest absolute Gasteiger partial charge is 0.0667 e. The zero-order valence-corrected chi connectivity index (χ0v) is 10.1. The zero-order chi connectivity index (χ0) is 11.6. The van der Waals surface area contributed by atoms with E-state index in [-0.39, 0.29) is 6.10 Å². The first-order valence-electron chi connectivity index (χ1n) is 5.67.